The van der Waals surface area contributed by atoms with Crippen LogP contribution in [0.3, 0.4) is 0 Å². The molecular formula is C22H26ClN3O6S. The Morgan fingerprint density at radius 1 is 1.21 bits per heavy atom. The third-order valence-electron chi connectivity index (χ3n) is 5.06. The number of carbonyl (C=O) groups excluding carboxylic acids is 2. The smallest absolute Gasteiger partial charge is 0.242 e. The summed E-state index contributed by atoms with van der Waals surface area (Å²) in [6, 6.07) is 12.2. The fourth-order valence-electron chi connectivity index (χ4n) is 3.28. The zero-order valence-electron chi connectivity index (χ0n) is 18.1. The molecule has 9 nitrogen and oxygen atoms in total. The molecule has 2 N–H and O–H groups in total. The minimum Gasteiger partial charge on any atom is -0.497 e. The van der Waals surface area contributed by atoms with Crippen LogP contribution in [-0.4, -0.2) is 59.7 Å². The standard InChI is InChI=1S/C22H26ClN3O6S/c1-31-18-5-2-4-17(12-18)26(15-21(27)24-13-19-6-3-11-32-19)22(28)14-25-33(29,30)20-9-7-16(23)8-10-20/h2,4-5,7-10,12,19,25H,3,6,11,13-15H2,1H3,(H,24,27)/t19-/m1/s1. The van der Waals surface area contributed by atoms with Crippen molar-refractivity contribution < 1.29 is 27.5 Å². The van der Waals surface area contributed by atoms with Gasteiger partial charge in [0, 0.05) is 29.9 Å². The Morgan fingerprint density at radius 3 is 2.64 bits per heavy atom. The van der Waals surface area contributed by atoms with E-state index >= 15 is 0 Å². The van der Waals surface area contributed by atoms with Crippen LogP contribution < -0.4 is 19.7 Å². The highest BCUT2D eigenvalue weighted by Crippen LogP contribution is 2.21. The van der Waals surface area contributed by atoms with E-state index in [1.165, 1.54) is 36.3 Å². The summed E-state index contributed by atoms with van der Waals surface area (Å²) in [4.78, 5) is 26.7. The zero-order valence-corrected chi connectivity index (χ0v) is 19.7. The second-order valence-electron chi connectivity index (χ2n) is 7.40. The van der Waals surface area contributed by atoms with Crippen molar-refractivity contribution in [2.75, 3.05) is 38.3 Å². The molecule has 2 amide bonds. The Bertz CT molecular complexity index is 1070. The molecule has 0 unspecified atom stereocenters. The third-order valence-corrected chi connectivity index (χ3v) is 6.73. The molecule has 2 aromatic carbocycles. The van der Waals surface area contributed by atoms with Gasteiger partial charge >= 0.3 is 0 Å². The Kier molecular flexibility index (Phi) is 8.67. The number of nitrogens with one attached hydrogen (secondary N) is 2. The molecule has 1 atom stereocenters. The van der Waals surface area contributed by atoms with Crippen LogP contribution in [0.5, 0.6) is 5.75 Å². The van der Waals surface area contributed by atoms with E-state index in [2.05, 4.69) is 10.0 Å². The first-order valence-electron chi connectivity index (χ1n) is 10.4. The van der Waals surface area contributed by atoms with E-state index < -0.39 is 22.5 Å². The molecule has 0 radical (unpaired) electrons. The number of anilines is 1. The maximum atomic E-state index is 13.0. The molecule has 3 rings (SSSR count). The first kappa shape index (κ1) is 25.0. The molecule has 11 heteroatoms. The van der Waals surface area contributed by atoms with E-state index in [0.29, 0.717) is 29.6 Å². The molecule has 33 heavy (non-hydrogen) atoms. The lowest BCUT2D eigenvalue weighted by Crippen LogP contribution is -2.46. The van der Waals surface area contributed by atoms with E-state index in [4.69, 9.17) is 21.1 Å². The molecule has 1 saturated heterocycles. The van der Waals surface area contributed by atoms with Crippen LogP contribution in [0.1, 0.15) is 12.8 Å². The van der Waals surface area contributed by atoms with Crippen LogP contribution in [0.25, 0.3) is 0 Å². The van der Waals surface area contributed by atoms with Crippen LogP contribution in [0.2, 0.25) is 5.02 Å². The molecule has 2 aromatic rings. The van der Waals surface area contributed by atoms with Crippen LogP contribution >= 0.6 is 11.6 Å². The summed E-state index contributed by atoms with van der Waals surface area (Å²) < 4.78 is 38.1. The van der Waals surface area contributed by atoms with Crippen molar-refractivity contribution in [3.05, 3.63) is 53.6 Å². The van der Waals surface area contributed by atoms with Gasteiger partial charge in [0.05, 0.1) is 24.7 Å². The SMILES string of the molecule is COc1cccc(N(CC(=O)NC[C@H]2CCCO2)C(=O)CNS(=O)(=O)c2ccc(Cl)cc2)c1. The number of methoxy groups -OCH3 is 1. The van der Waals surface area contributed by atoms with Gasteiger partial charge in [0.2, 0.25) is 21.8 Å². The molecule has 178 valence electrons. The summed E-state index contributed by atoms with van der Waals surface area (Å²) in [5, 5.41) is 3.16. The average Bonchev–Trinajstić information content (AvgIpc) is 3.34. The maximum absolute atomic E-state index is 13.0. The minimum absolute atomic E-state index is 0.0260. The normalized spacial score (nSPS) is 15.8. The Hall–Kier alpha value is -2.66. The largest absolute Gasteiger partial charge is 0.497 e. The van der Waals surface area contributed by atoms with E-state index in [-0.39, 0.29) is 23.5 Å². The lowest BCUT2D eigenvalue weighted by Gasteiger charge is -2.23. The Balaban J connectivity index is 1.70. The molecule has 1 fully saturated rings. The highest BCUT2D eigenvalue weighted by molar-refractivity contribution is 7.89. The van der Waals surface area contributed by atoms with Crippen LogP contribution in [-0.2, 0) is 24.3 Å². The topological polar surface area (TPSA) is 114 Å². The molecular weight excluding hydrogens is 470 g/mol. The highest BCUT2D eigenvalue weighted by atomic mass is 35.5. The molecule has 0 aliphatic carbocycles. The van der Waals surface area contributed by atoms with Crippen LogP contribution in [0.15, 0.2) is 53.4 Å². The van der Waals surface area contributed by atoms with Crippen molar-refractivity contribution >= 4 is 39.1 Å². The molecule has 1 aliphatic heterocycles. The van der Waals surface area contributed by atoms with Gasteiger partial charge in [0.25, 0.3) is 0 Å². The number of hydrogen-bond donors (Lipinski definition) is 2. The van der Waals surface area contributed by atoms with E-state index in [1.54, 1.807) is 24.3 Å². The number of rotatable bonds is 10. The molecule has 1 heterocycles. The summed E-state index contributed by atoms with van der Waals surface area (Å²) >= 11 is 5.81. The van der Waals surface area contributed by atoms with Gasteiger partial charge < -0.3 is 19.7 Å². The molecule has 1 aliphatic rings. The van der Waals surface area contributed by atoms with Gasteiger partial charge in [0.1, 0.15) is 12.3 Å². The zero-order chi connectivity index (χ0) is 23.8. The van der Waals surface area contributed by atoms with Gasteiger partial charge in [-0.25, -0.2) is 13.1 Å². The number of nitrogens with zero attached hydrogens (tertiary/aromatic N) is 1. The fourth-order valence-corrected chi connectivity index (χ4v) is 4.38. The monoisotopic (exact) mass is 495 g/mol. The second-order valence-corrected chi connectivity index (χ2v) is 9.60. The Labute approximate surface area is 198 Å². The second kappa shape index (κ2) is 11.5. The minimum atomic E-state index is -3.95. The van der Waals surface area contributed by atoms with Crippen molar-refractivity contribution in [2.24, 2.45) is 0 Å². The number of carbonyl (C=O) groups is 2. The quantitative estimate of drug-likeness (QED) is 0.521. The van der Waals surface area contributed by atoms with Crippen molar-refractivity contribution in [1.82, 2.24) is 10.0 Å². The number of benzene rings is 2. The third kappa shape index (κ3) is 7.16. The van der Waals surface area contributed by atoms with Gasteiger partial charge in [-0.15, -0.1) is 0 Å². The van der Waals surface area contributed by atoms with Crippen molar-refractivity contribution in [2.45, 2.75) is 23.8 Å². The van der Waals surface area contributed by atoms with E-state index in [1.807, 2.05) is 0 Å². The predicted octanol–water partition coefficient (Wildman–Crippen LogP) is 1.96. The fraction of sp³-hybridized carbons (Fsp3) is 0.364. The van der Waals surface area contributed by atoms with Gasteiger partial charge in [0.15, 0.2) is 0 Å². The van der Waals surface area contributed by atoms with Crippen molar-refractivity contribution in [3.8, 4) is 5.75 Å². The van der Waals surface area contributed by atoms with Gasteiger partial charge in [-0.05, 0) is 49.2 Å². The van der Waals surface area contributed by atoms with Crippen LogP contribution in [0, 0.1) is 0 Å². The van der Waals surface area contributed by atoms with Crippen LogP contribution in [0.4, 0.5) is 5.69 Å². The van der Waals surface area contributed by atoms with Gasteiger partial charge in [-0.2, -0.15) is 0 Å². The molecule has 0 spiro atoms. The summed E-state index contributed by atoms with van der Waals surface area (Å²) in [5.74, 6) is -0.498. The van der Waals surface area contributed by atoms with Crippen molar-refractivity contribution in [1.29, 1.82) is 0 Å². The molecule has 0 aromatic heterocycles. The number of halogens is 1. The predicted molar refractivity (Wildman–Crippen MR) is 124 cm³/mol. The van der Waals surface area contributed by atoms with Gasteiger partial charge in [-0.1, -0.05) is 17.7 Å². The number of ether oxygens (including phenoxy) is 2. The highest BCUT2D eigenvalue weighted by Gasteiger charge is 2.23. The number of amides is 2. The lowest BCUT2D eigenvalue weighted by atomic mass is 10.2. The Morgan fingerprint density at radius 2 is 1.97 bits per heavy atom. The summed E-state index contributed by atoms with van der Waals surface area (Å²) in [5.41, 5.74) is 0.400. The number of hydrogen-bond acceptors (Lipinski definition) is 6. The first-order chi connectivity index (χ1) is 15.8. The van der Waals surface area contributed by atoms with Gasteiger partial charge in [-0.3, -0.25) is 9.59 Å². The summed E-state index contributed by atoms with van der Waals surface area (Å²) in [6.07, 6.45) is 1.77. The molecule has 0 bridgehead atoms. The lowest BCUT2D eigenvalue weighted by molar-refractivity contribution is -0.123. The first-order valence-corrected chi connectivity index (χ1v) is 12.2. The van der Waals surface area contributed by atoms with E-state index in [0.717, 1.165) is 12.8 Å². The maximum Gasteiger partial charge on any atom is 0.242 e. The summed E-state index contributed by atoms with van der Waals surface area (Å²) in [7, 11) is -2.46. The molecule has 0 saturated carbocycles. The number of sulfonamides is 1. The van der Waals surface area contributed by atoms with E-state index in [9.17, 15) is 18.0 Å². The average molecular weight is 496 g/mol. The summed E-state index contributed by atoms with van der Waals surface area (Å²) in [6.45, 7) is 0.188. The van der Waals surface area contributed by atoms with Crippen molar-refractivity contribution in [3.63, 3.8) is 0 Å².